The third-order valence-electron chi connectivity index (χ3n) is 4.93. The number of amides is 1. The van der Waals surface area contributed by atoms with Crippen molar-refractivity contribution in [3.63, 3.8) is 0 Å². The average Bonchev–Trinajstić information content (AvgIpc) is 3.27. The van der Waals surface area contributed by atoms with E-state index in [2.05, 4.69) is 32.3 Å². The first-order valence-electron chi connectivity index (χ1n) is 9.22. The van der Waals surface area contributed by atoms with Crippen LogP contribution in [0.4, 0.5) is 5.82 Å². The van der Waals surface area contributed by atoms with Crippen LogP contribution in [-0.2, 0) is 11.3 Å². The standard InChI is InChI=1S/C21H22N4OS/c26-21(22-14-18-7-4-12-27-18)17-8-10-25(11-9-17)20-13-19(23-15-24-20)16-5-2-1-3-6-16/h1-7,12-13,15,17H,8-11,14H2,(H,22,26). The lowest BCUT2D eigenvalue weighted by Gasteiger charge is -2.32. The molecular formula is C21H22N4OS. The van der Waals surface area contributed by atoms with E-state index in [4.69, 9.17) is 0 Å². The molecule has 5 nitrogen and oxygen atoms in total. The number of nitrogens with zero attached hydrogens (tertiary/aromatic N) is 3. The molecule has 1 fully saturated rings. The normalized spacial score (nSPS) is 14.9. The second kappa shape index (κ2) is 8.31. The van der Waals surface area contributed by atoms with Gasteiger partial charge in [0.1, 0.15) is 12.1 Å². The number of hydrogen-bond donors (Lipinski definition) is 1. The van der Waals surface area contributed by atoms with Gasteiger partial charge in [0.05, 0.1) is 12.2 Å². The Bertz CT molecular complexity index is 874. The molecule has 1 aromatic carbocycles. The molecular weight excluding hydrogens is 356 g/mol. The highest BCUT2D eigenvalue weighted by molar-refractivity contribution is 7.09. The van der Waals surface area contributed by atoms with Gasteiger partial charge in [0.25, 0.3) is 0 Å². The van der Waals surface area contributed by atoms with E-state index >= 15 is 0 Å². The number of carbonyl (C=O) groups is 1. The summed E-state index contributed by atoms with van der Waals surface area (Å²) in [6, 6.07) is 16.2. The second-order valence-electron chi connectivity index (χ2n) is 6.69. The van der Waals surface area contributed by atoms with E-state index in [1.54, 1.807) is 17.7 Å². The maximum atomic E-state index is 12.4. The van der Waals surface area contributed by atoms with Crippen molar-refractivity contribution in [2.24, 2.45) is 5.92 Å². The number of carbonyl (C=O) groups excluding carboxylic acids is 1. The Kier molecular flexibility index (Phi) is 5.44. The Morgan fingerprint density at radius 1 is 1.11 bits per heavy atom. The van der Waals surface area contributed by atoms with Crippen molar-refractivity contribution in [2.75, 3.05) is 18.0 Å². The van der Waals surface area contributed by atoms with E-state index in [9.17, 15) is 4.79 Å². The van der Waals surface area contributed by atoms with Crippen LogP contribution in [0.2, 0.25) is 0 Å². The zero-order valence-corrected chi connectivity index (χ0v) is 15.9. The minimum atomic E-state index is 0.0802. The van der Waals surface area contributed by atoms with Crippen LogP contribution in [-0.4, -0.2) is 29.0 Å². The van der Waals surface area contributed by atoms with Crippen LogP contribution in [0, 0.1) is 5.92 Å². The van der Waals surface area contributed by atoms with Gasteiger partial charge in [0.15, 0.2) is 0 Å². The summed E-state index contributed by atoms with van der Waals surface area (Å²) in [5.41, 5.74) is 2.01. The first kappa shape index (κ1) is 17.7. The molecule has 3 aromatic rings. The molecule has 2 aromatic heterocycles. The lowest BCUT2D eigenvalue weighted by Crippen LogP contribution is -2.40. The van der Waals surface area contributed by atoms with Crippen molar-refractivity contribution in [3.8, 4) is 11.3 Å². The molecule has 4 rings (SSSR count). The van der Waals surface area contributed by atoms with Gasteiger partial charge in [-0.3, -0.25) is 4.79 Å². The quantitative estimate of drug-likeness (QED) is 0.735. The van der Waals surface area contributed by atoms with Gasteiger partial charge in [-0.25, -0.2) is 9.97 Å². The van der Waals surface area contributed by atoms with Crippen LogP contribution < -0.4 is 10.2 Å². The Labute approximate surface area is 163 Å². The van der Waals surface area contributed by atoms with E-state index in [0.717, 1.165) is 43.0 Å². The van der Waals surface area contributed by atoms with Crippen molar-refractivity contribution in [1.29, 1.82) is 0 Å². The van der Waals surface area contributed by atoms with Gasteiger partial charge in [-0.05, 0) is 24.3 Å². The third kappa shape index (κ3) is 4.34. The van der Waals surface area contributed by atoms with Gasteiger partial charge in [-0.2, -0.15) is 0 Å². The lowest BCUT2D eigenvalue weighted by molar-refractivity contribution is -0.125. The minimum Gasteiger partial charge on any atom is -0.356 e. The number of nitrogens with one attached hydrogen (secondary N) is 1. The number of hydrogen-bond acceptors (Lipinski definition) is 5. The van der Waals surface area contributed by atoms with E-state index in [1.807, 2.05) is 41.8 Å². The smallest absolute Gasteiger partial charge is 0.223 e. The summed E-state index contributed by atoms with van der Waals surface area (Å²) in [6.45, 7) is 2.30. The van der Waals surface area contributed by atoms with Gasteiger partial charge in [0, 0.05) is 35.5 Å². The molecule has 0 aliphatic carbocycles. The van der Waals surface area contributed by atoms with Crippen LogP contribution in [0.15, 0.2) is 60.2 Å². The number of thiophene rings is 1. The van der Waals surface area contributed by atoms with Gasteiger partial charge in [0.2, 0.25) is 5.91 Å². The molecule has 1 N–H and O–H groups in total. The summed E-state index contributed by atoms with van der Waals surface area (Å²) in [6.07, 6.45) is 3.32. The Balaban J connectivity index is 1.34. The lowest BCUT2D eigenvalue weighted by atomic mass is 9.96. The molecule has 6 heteroatoms. The Hall–Kier alpha value is -2.73. The van der Waals surface area contributed by atoms with Crippen molar-refractivity contribution in [2.45, 2.75) is 19.4 Å². The van der Waals surface area contributed by atoms with Gasteiger partial charge < -0.3 is 10.2 Å². The Morgan fingerprint density at radius 2 is 1.93 bits per heavy atom. The molecule has 0 atom stereocenters. The fraction of sp³-hybridized carbons (Fsp3) is 0.286. The first-order chi connectivity index (χ1) is 13.3. The fourth-order valence-electron chi connectivity index (χ4n) is 3.39. The van der Waals surface area contributed by atoms with Crippen molar-refractivity contribution in [1.82, 2.24) is 15.3 Å². The summed E-state index contributed by atoms with van der Waals surface area (Å²) in [4.78, 5) is 24.7. The molecule has 1 amide bonds. The Morgan fingerprint density at radius 3 is 2.67 bits per heavy atom. The highest BCUT2D eigenvalue weighted by Crippen LogP contribution is 2.25. The molecule has 3 heterocycles. The number of aromatic nitrogens is 2. The molecule has 0 saturated carbocycles. The SMILES string of the molecule is O=C(NCc1cccs1)C1CCN(c2cc(-c3ccccc3)ncn2)CC1. The summed E-state index contributed by atoms with van der Waals surface area (Å²) in [7, 11) is 0. The summed E-state index contributed by atoms with van der Waals surface area (Å²) < 4.78 is 0. The summed E-state index contributed by atoms with van der Waals surface area (Å²) >= 11 is 1.67. The molecule has 1 saturated heterocycles. The molecule has 138 valence electrons. The van der Waals surface area contributed by atoms with E-state index in [1.165, 1.54) is 4.88 Å². The number of piperidine rings is 1. The zero-order valence-electron chi connectivity index (χ0n) is 15.0. The van der Waals surface area contributed by atoms with Crippen molar-refractivity contribution in [3.05, 3.63) is 65.1 Å². The van der Waals surface area contributed by atoms with Crippen LogP contribution in [0.1, 0.15) is 17.7 Å². The summed E-state index contributed by atoms with van der Waals surface area (Å²) in [5.74, 6) is 1.17. The largest absolute Gasteiger partial charge is 0.356 e. The predicted octanol–water partition coefficient (Wildman–Crippen LogP) is 3.74. The van der Waals surface area contributed by atoms with Crippen LogP contribution in [0.5, 0.6) is 0 Å². The average molecular weight is 379 g/mol. The van der Waals surface area contributed by atoms with E-state index in [0.29, 0.717) is 6.54 Å². The molecule has 0 spiro atoms. The number of benzene rings is 1. The first-order valence-corrected chi connectivity index (χ1v) is 10.1. The van der Waals surface area contributed by atoms with Gasteiger partial charge in [-0.1, -0.05) is 36.4 Å². The van der Waals surface area contributed by atoms with Crippen molar-refractivity contribution >= 4 is 23.1 Å². The number of anilines is 1. The molecule has 27 heavy (non-hydrogen) atoms. The van der Waals surface area contributed by atoms with E-state index < -0.39 is 0 Å². The fourth-order valence-corrected chi connectivity index (χ4v) is 4.03. The van der Waals surface area contributed by atoms with Gasteiger partial charge >= 0.3 is 0 Å². The predicted molar refractivity (Wildman–Crippen MR) is 109 cm³/mol. The highest BCUT2D eigenvalue weighted by Gasteiger charge is 2.25. The van der Waals surface area contributed by atoms with E-state index in [-0.39, 0.29) is 11.8 Å². The molecule has 1 aliphatic rings. The maximum absolute atomic E-state index is 12.4. The molecule has 0 radical (unpaired) electrons. The molecule has 0 bridgehead atoms. The molecule has 0 unspecified atom stereocenters. The molecule has 1 aliphatic heterocycles. The second-order valence-corrected chi connectivity index (χ2v) is 7.72. The van der Waals surface area contributed by atoms with Crippen molar-refractivity contribution < 1.29 is 4.79 Å². The minimum absolute atomic E-state index is 0.0802. The van der Waals surface area contributed by atoms with Gasteiger partial charge in [-0.15, -0.1) is 11.3 Å². The zero-order chi connectivity index (χ0) is 18.5. The summed E-state index contributed by atoms with van der Waals surface area (Å²) in [5, 5.41) is 5.10. The van der Waals surface area contributed by atoms with Crippen LogP contribution >= 0.6 is 11.3 Å². The third-order valence-corrected chi connectivity index (χ3v) is 5.81. The topological polar surface area (TPSA) is 58.1 Å². The maximum Gasteiger partial charge on any atom is 0.223 e. The number of rotatable bonds is 5. The van der Waals surface area contributed by atoms with Crippen LogP contribution in [0.3, 0.4) is 0 Å². The highest BCUT2D eigenvalue weighted by atomic mass is 32.1. The van der Waals surface area contributed by atoms with Crippen LogP contribution in [0.25, 0.3) is 11.3 Å². The monoisotopic (exact) mass is 378 g/mol.